The number of rotatable bonds is 10. The number of nitrogens with zero attached hydrogens (tertiary/aromatic N) is 5. The van der Waals surface area contributed by atoms with Gasteiger partial charge in [-0.25, -0.2) is 4.98 Å². The fraction of sp³-hybridized carbons (Fsp3) is 0.300. The summed E-state index contributed by atoms with van der Waals surface area (Å²) in [5, 5.41) is 0.559. The first-order chi connectivity index (χ1) is 25.1. The Balaban J connectivity index is 0.968. The molecule has 2 saturated heterocycles. The number of methoxy groups -OCH3 is 1. The minimum atomic E-state index is -0.136. The van der Waals surface area contributed by atoms with Crippen molar-refractivity contribution in [3.05, 3.63) is 101 Å². The van der Waals surface area contributed by atoms with Crippen LogP contribution in [0.25, 0.3) is 28.0 Å². The Bertz CT molecular complexity index is 2140. The second-order valence-corrected chi connectivity index (χ2v) is 12.8. The largest absolute Gasteiger partial charge is 0.493 e. The molecule has 2 fully saturated rings. The zero-order valence-electron chi connectivity index (χ0n) is 28.5. The third kappa shape index (κ3) is 6.52. The molecule has 4 heterocycles. The maximum atomic E-state index is 14.2. The topological polar surface area (TPSA) is 108 Å². The van der Waals surface area contributed by atoms with Gasteiger partial charge in [0, 0.05) is 49.6 Å². The van der Waals surface area contributed by atoms with E-state index in [1.807, 2.05) is 83.9 Å². The third-order valence-electron chi connectivity index (χ3n) is 9.63. The van der Waals surface area contributed by atoms with Crippen LogP contribution in [0.3, 0.4) is 0 Å². The first-order valence-electron chi connectivity index (χ1n) is 17.5. The molecule has 1 amide bonds. The zero-order chi connectivity index (χ0) is 34.7. The standard InChI is InChI=1S/C40H39N5O6/c1-48-36-24-33-35(41-26-30-9-5-16-44(30)39(33)46)25-37(36)51-20-6-19-50-31-13-10-28(11-14-31)45-38(27-7-3-2-4-8-27)42-34-15-12-29(23-32(34)40(45)47)43-17-21-49-22-18-43/h2-4,7-8,10-15,23-26,30H,5-6,9,16-22H2,1H3/t30-/m0/s1. The van der Waals surface area contributed by atoms with E-state index >= 15 is 0 Å². The van der Waals surface area contributed by atoms with E-state index in [-0.39, 0.29) is 17.5 Å². The molecule has 0 aliphatic carbocycles. The summed E-state index contributed by atoms with van der Waals surface area (Å²) in [6.45, 7) is 4.42. The van der Waals surface area contributed by atoms with Gasteiger partial charge in [-0.1, -0.05) is 30.3 Å². The number of hydrogen-bond acceptors (Lipinski definition) is 9. The lowest BCUT2D eigenvalue weighted by Gasteiger charge is -2.29. The maximum Gasteiger partial charge on any atom is 0.266 e. The quantitative estimate of drug-likeness (QED) is 0.163. The molecule has 4 aromatic carbocycles. The van der Waals surface area contributed by atoms with Crippen LogP contribution in [0.5, 0.6) is 17.2 Å². The smallest absolute Gasteiger partial charge is 0.266 e. The Morgan fingerprint density at radius 3 is 2.43 bits per heavy atom. The van der Waals surface area contributed by atoms with Crippen LogP contribution in [0.1, 0.15) is 29.6 Å². The van der Waals surface area contributed by atoms with E-state index in [2.05, 4.69) is 9.89 Å². The van der Waals surface area contributed by atoms with E-state index in [1.165, 1.54) is 0 Å². The maximum absolute atomic E-state index is 14.2. The molecule has 1 aromatic heterocycles. The highest BCUT2D eigenvalue weighted by Gasteiger charge is 2.32. The number of amides is 1. The van der Waals surface area contributed by atoms with Gasteiger partial charge in [0.1, 0.15) is 11.6 Å². The molecule has 8 rings (SSSR count). The number of carbonyl (C=O) groups is 1. The van der Waals surface area contributed by atoms with Crippen LogP contribution >= 0.6 is 0 Å². The highest BCUT2D eigenvalue weighted by Crippen LogP contribution is 2.38. The Morgan fingerprint density at radius 2 is 1.63 bits per heavy atom. The summed E-state index contributed by atoms with van der Waals surface area (Å²) in [5.74, 6) is 2.25. The Kier molecular flexibility index (Phi) is 9.11. The van der Waals surface area contributed by atoms with Crippen molar-refractivity contribution >= 4 is 34.4 Å². The van der Waals surface area contributed by atoms with Gasteiger partial charge in [-0.15, -0.1) is 0 Å². The predicted octanol–water partition coefficient (Wildman–Crippen LogP) is 6.07. The lowest BCUT2D eigenvalue weighted by Crippen LogP contribution is -2.36. The van der Waals surface area contributed by atoms with Crippen LogP contribution in [-0.2, 0) is 4.74 Å². The third-order valence-corrected chi connectivity index (χ3v) is 9.63. The van der Waals surface area contributed by atoms with Crippen LogP contribution < -0.4 is 24.7 Å². The normalized spacial score (nSPS) is 16.9. The van der Waals surface area contributed by atoms with Gasteiger partial charge < -0.3 is 28.7 Å². The zero-order valence-corrected chi connectivity index (χ0v) is 28.5. The minimum absolute atomic E-state index is 0.0229. The molecular weight excluding hydrogens is 646 g/mol. The van der Waals surface area contributed by atoms with Gasteiger partial charge in [-0.05, 0) is 61.4 Å². The molecular formula is C40H39N5O6. The molecule has 11 nitrogen and oxygen atoms in total. The minimum Gasteiger partial charge on any atom is -0.493 e. The Labute approximate surface area is 295 Å². The first-order valence-corrected chi connectivity index (χ1v) is 17.5. The average molecular weight is 686 g/mol. The number of ether oxygens (including phenoxy) is 4. The highest BCUT2D eigenvalue weighted by atomic mass is 16.5. The van der Waals surface area contributed by atoms with E-state index < -0.39 is 0 Å². The molecule has 0 bridgehead atoms. The summed E-state index contributed by atoms with van der Waals surface area (Å²) in [7, 11) is 1.57. The van der Waals surface area contributed by atoms with E-state index in [0.717, 1.165) is 43.7 Å². The second-order valence-electron chi connectivity index (χ2n) is 12.8. The van der Waals surface area contributed by atoms with Gasteiger partial charge in [-0.3, -0.25) is 19.1 Å². The molecule has 3 aliphatic rings. The van der Waals surface area contributed by atoms with E-state index in [4.69, 9.17) is 23.9 Å². The molecule has 1 atom stereocenters. The Morgan fingerprint density at radius 1 is 0.843 bits per heavy atom. The van der Waals surface area contributed by atoms with Gasteiger partial charge in [0.05, 0.1) is 67.4 Å². The van der Waals surface area contributed by atoms with Gasteiger partial charge in [-0.2, -0.15) is 0 Å². The fourth-order valence-corrected chi connectivity index (χ4v) is 6.96. The van der Waals surface area contributed by atoms with Crippen molar-refractivity contribution in [1.82, 2.24) is 14.5 Å². The molecule has 0 saturated carbocycles. The van der Waals surface area contributed by atoms with E-state index in [9.17, 15) is 9.59 Å². The van der Waals surface area contributed by atoms with Crippen LogP contribution in [0.4, 0.5) is 11.4 Å². The molecule has 260 valence electrons. The van der Waals surface area contributed by atoms with Crippen molar-refractivity contribution in [1.29, 1.82) is 0 Å². The fourth-order valence-electron chi connectivity index (χ4n) is 6.96. The van der Waals surface area contributed by atoms with Gasteiger partial charge in [0.25, 0.3) is 11.5 Å². The predicted molar refractivity (Wildman–Crippen MR) is 197 cm³/mol. The lowest BCUT2D eigenvalue weighted by atomic mass is 10.1. The summed E-state index contributed by atoms with van der Waals surface area (Å²) >= 11 is 0. The average Bonchev–Trinajstić information content (AvgIpc) is 3.62. The van der Waals surface area contributed by atoms with Gasteiger partial charge in [0.2, 0.25) is 0 Å². The van der Waals surface area contributed by atoms with Crippen LogP contribution in [0, 0.1) is 0 Å². The first kappa shape index (κ1) is 32.5. The van der Waals surface area contributed by atoms with Crippen LogP contribution in [0.15, 0.2) is 94.7 Å². The molecule has 0 unspecified atom stereocenters. The molecule has 51 heavy (non-hydrogen) atoms. The Hall–Kier alpha value is -5.68. The summed E-state index contributed by atoms with van der Waals surface area (Å²) in [5.41, 5.74) is 4.16. The summed E-state index contributed by atoms with van der Waals surface area (Å²) in [6, 6.07) is 26.7. The second kappa shape index (κ2) is 14.3. The van der Waals surface area contributed by atoms with Crippen molar-refractivity contribution < 1.29 is 23.7 Å². The number of morpholine rings is 1. The molecule has 0 radical (unpaired) electrons. The summed E-state index contributed by atoms with van der Waals surface area (Å²) in [6.07, 6.45) is 4.38. The van der Waals surface area contributed by atoms with Gasteiger partial charge >= 0.3 is 0 Å². The number of aliphatic imine (C=N–C) groups is 1. The van der Waals surface area contributed by atoms with Crippen molar-refractivity contribution in [2.75, 3.05) is 58.1 Å². The number of hydrogen-bond donors (Lipinski definition) is 0. The van der Waals surface area contributed by atoms with Crippen molar-refractivity contribution in [3.63, 3.8) is 0 Å². The highest BCUT2D eigenvalue weighted by molar-refractivity contribution is 6.03. The molecule has 0 N–H and O–H groups in total. The number of carbonyl (C=O) groups excluding carboxylic acids is 1. The molecule has 5 aromatic rings. The summed E-state index contributed by atoms with van der Waals surface area (Å²) < 4.78 is 24.9. The molecule has 0 spiro atoms. The monoisotopic (exact) mass is 685 g/mol. The van der Waals surface area contributed by atoms with Crippen LogP contribution in [-0.4, -0.2) is 85.8 Å². The van der Waals surface area contributed by atoms with Crippen molar-refractivity contribution in [2.45, 2.75) is 25.3 Å². The van der Waals surface area contributed by atoms with Crippen molar-refractivity contribution in [3.8, 4) is 34.3 Å². The number of fused-ring (bicyclic) bond motifs is 3. The number of benzene rings is 4. The number of anilines is 1. The summed E-state index contributed by atoms with van der Waals surface area (Å²) in [4.78, 5) is 41.1. The molecule has 11 heteroatoms. The van der Waals surface area contributed by atoms with Crippen LogP contribution in [0.2, 0.25) is 0 Å². The van der Waals surface area contributed by atoms with E-state index in [1.54, 1.807) is 23.8 Å². The van der Waals surface area contributed by atoms with Gasteiger partial charge in [0.15, 0.2) is 11.5 Å². The van der Waals surface area contributed by atoms with E-state index in [0.29, 0.717) is 83.8 Å². The van der Waals surface area contributed by atoms with Crippen molar-refractivity contribution in [2.24, 2.45) is 4.99 Å². The SMILES string of the molecule is COc1cc2c(cc1OCCCOc1ccc(-n3c(-c4ccccc4)nc4ccc(N5CCOCC5)cc4c3=O)cc1)N=C[C@@H]1CCCN1C2=O. The molecule has 3 aliphatic heterocycles. The lowest BCUT2D eigenvalue weighted by molar-refractivity contribution is 0.0774. The number of aromatic nitrogens is 2.